The fourth-order valence-electron chi connectivity index (χ4n) is 0.261. The molecule has 8 heavy (non-hydrogen) atoms. The smallest absolute Gasteiger partial charge is 0.395 e. The SMILES string of the molecule is NC/C=C/[B-](O)(O)O. The molecule has 0 aliphatic heterocycles. The molecule has 0 atom stereocenters. The highest BCUT2D eigenvalue weighted by atomic mass is 16.5. The Hall–Kier alpha value is -0.355. The molecular weight excluding hydrogens is 109 g/mol. The fourth-order valence-corrected chi connectivity index (χ4v) is 0.261. The summed E-state index contributed by atoms with van der Waals surface area (Å²) >= 11 is 0. The van der Waals surface area contributed by atoms with Crippen molar-refractivity contribution in [1.82, 2.24) is 0 Å². The van der Waals surface area contributed by atoms with Crippen molar-refractivity contribution >= 4 is 6.75 Å². The van der Waals surface area contributed by atoms with E-state index in [-0.39, 0.29) is 6.54 Å². The van der Waals surface area contributed by atoms with Crippen molar-refractivity contribution in [3.8, 4) is 0 Å². The maximum atomic E-state index is 8.18. The van der Waals surface area contributed by atoms with Crippen LogP contribution in [0.2, 0.25) is 0 Å². The van der Waals surface area contributed by atoms with Crippen molar-refractivity contribution < 1.29 is 15.1 Å². The van der Waals surface area contributed by atoms with Crippen LogP contribution in [-0.4, -0.2) is 28.4 Å². The van der Waals surface area contributed by atoms with Crippen LogP contribution in [0.4, 0.5) is 0 Å². The Balaban J connectivity index is 3.52. The second-order valence-electron chi connectivity index (χ2n) is 1.46. The van der Waals surface area contributed by atoms with E-state index in [0.717, 1.165) is 5.98 Å². The van der Waals surface area contributed by atoms with Crippen LogP contribution in [0.5, 0.6) is 0 Å². The minimum absolute atomic E-state index is 0.186. The Bertz CT molecular complexity index is 87.0. The normalized spacial score (nSPS) is 13.0. The van der Waals surface area contributed by atoms with E-state index < -0.39 is 6.75 Å². The lowest BCUT2D eigenvalue weighted by molar-refractivity contribution is 0.247. The van der Waals surface area contributed by atoms with E-state index in [9.17, 15) is 0 Å². The molecule has 0 saturated heterocycles. The molecule has 0 aliphatic rings. The average molecular weight is 118 g/mol. The first-order valence-electron chi connectivity index (χ1n) is 2.26. The highest BCUT2D eigenvalue weighted by Crippen LogP contribution is 1.84. The molecule has 5 heteroatoms. The van der Waals surface area contributed by atoms with Gasteiger partial charge in [0.1, 0.15) is 0 Å². The van der Waals surface area contributed by atoms with E-state index >= 15 is 0 Å². The third-order valence-corrected chi connectivity index (χ3v) is 0.530. The minimum atomic E-state index is -3.26. The number of nitrogens with two attached hydrogens (primary N) is 1. The van der Waals surface area contributed by atoms with Crippen LogP contribution in [0.25, 0.3) is 0 Å². The van der Waals surface area contributed by atoms with Crippen molar-refractivity contribution in [3.05, 3.63) is 12.1 Å². The summed E-state index contributed by atoms with van der Waals surface area (Å²) < 4.78 is 0. The molecule has 0 bridgehead atoms. The fraction of sp³-hybridized carbons (Fsp3) is 0.333. The molecule has 0 rings (SSSR count). The Morgan fingerprint density at radius 1 is 1.38 bits per heavy atom. The van der Waals surface area contributed by atoms with Crippen molar-refractivity contribution in [1.29, 1.82) is 0 Å². The highest BCUT2D eigenvalue weighted by Gasteiger charge is 2.07. The van der Waals surface area contributed by atoms with Gasteiger partial charge in [-0.25, -0.2) is 0 Å². The van der Waals surface area contributed by atoms with Crippen LogP contribution in [0.1, 0.15) is 0 Å². The second-order valence-corrected chi connectivity index (χ2v) is 1.46. The topological polar surface area (TPSA) is 86.7 Å². The van der Waals surface area contributed by atoms with Crippen molar-refractivity contribution in [3.63, 3.8) is 0 Å². The van der Waals surface area contributed by atoms with Gasteiger partial charge in [0.2, 0.25) is 0 Å². The third-order valence-electron chi connectivity index (χ3n) is 0.530. The van der Waals surface area contributed by atoms with Crippen LogP contribution >= 0.6 is 0 Å². The van der Waals surface area contributed by atoms with Gasteiger partial charge in [-0.3, -0.25) is 0 Å². The lowest BCUT2D eigenvalue weighted by Gasteiger charge is -2.13. The van der Waals surface area contributed by atoms with Gasteiger partial charge in [-0.1, -0.05) is 0 Å². The van der Waals surface area contributed by atoms with Crippen LogP contribution < -0.4 is 5.73 Å². The van der Waals surface area contributed by atoms with Gasteiger partial charge in [-0.2, -0.15) is 5.98 Å². The molecule has 0 aromatic carbocycles. The zero-order valence-corrected chi connectivity index (χ0v) is 4.36. The number of hydrogen-bond donors (Lipinski definition) is 4. The molecule has 0 aromatic heterocycles. The van der Waals surface area contributed by atoms with Gasteiger partial charge >= 0.3 is 6.75 Å². The zero-order chi connectivity index (χ0) is 6.62. The molecule has 0 amide bonds. The lowest BCUT2D eigenvalue weighted by atomic mass is 9.81. The molecule has 5 N–H and O–H groups in total. The van der Waals surface area contributed by atoms with Crippen LogP contribution in [0.3, 0.4) is 0 Å². The van der Waals surface area contributed by atoms with E-state index in [1.807, 2.05) is 0 Å². The van der Waals surface area contributed by atoms with Gasteiger partial charge in [-0.15, -0.1) is 6.08 Å². The van der Waals surface area contributed by atoms with E-state index in [2.05, 4.69) is 0 Å². The maximum Gasteiger partial charge on any atom is 0.395 e. The average Bonchev–Trinajstić information content (AvgIpc) is 1.59. The molecule has 0 aromatic rings. The van der Waals surface area contributed by atoms with Crippen LogP contribution in [0.15, 0.2) is 12.1 Å². The van der Waals surface area contributed by atoms with Crippen LogP contribution in [-0.2, 0) is 0 Å². The summed E-state index contributed by atoms with van der Waals surface area (Å²) in [5.74, 6) is 0.847. The lowest BCUT2D eigenvalue weighted by Crippen LogP contribution is -2.32. The summed E-state index contributed by atoms with van der Waals surface area (Å²) in [4.78, 5) is 0. The monoisotopic (exact) mass is 118 g/mol. The molecule has 0 fully saturated rings. The molecule has 0 spiro atoms. The van der Waals surface area contributed by atoms with Gasteiger partial charge in [0.25, 0.3) is 0 Å². The molecular formula is C3H9BNO3-. The highest BCUT2D eigenvalue weighted by molar-refractivity contribution is 6.61. The first-order chi connectivity index (χ1) is 3.56. The van der Waals surface area contributed by atoms with Gasteiger partial charge < -0.3 is 20.8 Å². The Morgan fingerprint density at radius 2 is 1.88 bits per heavy atom. The summed E-state index contributed by atoms with van der Waals surface area (Å²) in [6.45, 7) is -3.08. The molecule has 0 heterocycles. The standard InChI is InChI=1S/C3H9BNO3/c5-3-1-2-4(6,7)8/h1-2,6-8H,3,5H2/q-1/b2-1+. The molecule has 4 nitrogen and oxygen atoms in total. The van der Waals surface area contributed by atoms with Crippen molar-refractivity contribution in [2.75, 3.05) is 6.54 Å². The van der Waals surface area contributed by atoms with Gasteiger partial charge in [0.05, 0.1) is 0 Å². The molecule has 0 unspecified atom stereocenters. The summed E-state index contributed by atoms with van der Waals surface area (Å²) in [6.07, 6.45) is 1.26. The summed E-state index contributed by atoms with van der Waals surface area (Å²) in [5, 5.41) is 24.5. The first kappa shape index (κ1) is 7.64. The molecule has 0 aliphatic carbocycles. The quantitative estimate of drug-likeness (QED) is 0.314. The van der Waals surface area contributed by atoms with Gasteiger partial charge in [0.15, 0.2) is 0 Å². The number of rotatable bonds is 2. The molecule has 0 saturated carbocycles. The third kappa shape index (κ3) is 5.64. The van der Waals surface area contributed by atoms with E-state index in [1.54, 1.807) is 0 Å². The Morgan fingerprint density at radius 3 is 2.00 bits per heavy atom. The zero-order valence-electron chi connectivity index (χ0n) is 4.36. The van der Waals surface area contributed by atoms with E-state index in [0.29, 0.717) is 0 Å². The first-order valence-corrected chi connectivity index (χ1v) is 2.26. The van der Waals surface area contributed by atoms with E-state index in [4.69, 9.17) is 20.8 Å². The summed E-state index contributed by atoms with van der Waals surface area (Å²) in [6, 6.07) is 0. The van der Waals surface area contributed by atoms with Crippen molar-refractivity contribution in [2.45, 2.75) is 0 Å². The van der Waals surface area contributed by atoms with E-state index in [1.165, 1.54) is 6.08 Å². The van der Waals surface area contributed by atoms with Gasteiger partial charge in [-0.05, 0) is 0 Å². The van der Waals surface area contributed by atoms with Gasteiger partial charge in [0, 0.05) is 6.54 Å². The molecule has 0 radical (unpaired) electrons. The second kappa shape index (κ2) is 2.83. The predicted molar refractivity (Wildman–Crippen MR) is 30.6 cm³/mol. The molecule has 48 valence electrons. The Kier molecular flexibility index (Phi) is 2.71. The number of hydrogen-bond acceptors (Lipinski definition) is 4. The summed E-state index contributed by atoms with van der Waals surface area (Å²) in [7, 11) is 0. The van der Waals surface area contributed by atoms with Crippen molar-refractivity contribution in [2.24, 2.45) is 5.73 Å². The minimum Gasteiger partial charge on any atom is -0.556 e. The summed E-state index contributed by atoms with van der Waals surface area (Å²) in [5.41, 5.74) is 4.93. The largest absolute Gasteiger partial charge is 0.556 e. The predicted octanol–water partition coefficient (Wildman–Crippen LogP) is -2.04. The maximum absolute atomic E-state index is 8.18. The van der Waals surface area contributed by atoms with Crippen LogP contribution in [0, 0.1) is 0 Å². The Labute approximate surface area is 47.3 Å².